The van der Waals surface area contributed by atoms with Crippen molar-refractivity contribution in [2.45, 2.75) is 20.3 Å². The first-order valence-electron chi connectivity index (χ1n) is 4.53. The van der Waals surface area contributed by atoms with Crippen LogP contribution in [0.25, 0.3) is 10.9 Å². The summed E-state index contributed by atoms with van der Waals surface area (Å²) < 4.78 is 0. The first kappa shape index (κ1) is 9.34. The van der Waals surface area contributed by atoms with Crippen LogP contribution in [0.2, 0.25) is 5.02 Å². The lowest BCUT2D eigenvalue weighted by Gasteiger charge is -1.94. The zero-order chi connectivity index (χ0) is 10.3. The maximum absolute atomic E-state index is 11.5. The van der Waals surface area contributed by atoms with Crippen LogP contribution in [0.15, 0.2) is 11.0 Å². The highest BCUT2D eigenvalue weighted by Crippen LogP contribution is 2.27. The van der Waals surface area contributed by atoms with Crippen molar-refractivity contribution in [2.24, 2.45) is 0 Å². The van der Waals surface area contributed by atoms with E-state index in [1.54, 1.807) is 6.20 Å². The second-order valence-corrected chi connectivity index (χ2v) is 3.70. The minimum Gasteiger partial charge on any atom is -0.353 e. The highest BCUT2D eigenvalue weighted by molar-refractivity contribution is 6.36. The lowest BCUT2D eigenvalue weighted by Crippen LogP contribution is -2.05. The molecule has 2 heterocycles. The van der Waals surface area contributed by atoms with E-state index in [-0.39, 0.29) is 5.56 Å². The molecule has 0 aliphatic carbocycles. The van der Waals surface area contributed by atoms with E-state index >= 15 is 0 Å². The van der Waals surface area contributed by atoms with Crippen molar-refractivity contribution in [3.63, 3.8) is 0 Å². The summed E-state index contributed by atoms with van der Waals surface area (Å²) in [5.74, 6) is 0. The Bertz CT molecular complexity index is 539. The predicted molar refractivity (Wildman–Crippen MR) is 58.0 cm³/mol. The summed E-state index contributed by atoms with van der Waals surface area (Å²) in [6.07, 6.45) is 2.48. The number of aromatic amines is 2. The second-order valence-electron chi connectivity index (χ2n) is 3.32. The van der Waals surface area contributed by atoms with Gasteiger partial charge in [-0.25, -0.2) is 0 Å². The molecular formula is C10H11ClN2O. The SMILES string of the molecule is CCc1[nH]c2c(=O)[nH]cc(C)c2c1Cl. The van der Waals surface area contributed by atoms with E-state index in [4.69, 9.17) is 11.6 Å². The van der Waals surface area contributed by atoms with E-state index in [1.165, 1.54) is 0 Å². The number of nitrogens with one attached hydrogen (secondary N) is 2. The Balaban J connectivity index is 2.98. The summed E-state index contributed by atoms with van der Waals surface area (Å²) >= 11 is 6.15. The number of pyridine rings is 1. The van der Waals surface area contributed by atoms with Crippen molar-refractivity contribution in [3.05, 3.63) is 32.8 Å². The number of rotatable bonds is 1. The fraction of sp³-hybridized carbons (Fsp3) is 0.300. The summed E-state index contributed by atoms with van der Waals surface area (Å²) in [5.41, 5.74) is 2.36. The molecule has 14 heavy (non-hydrogen) atoms. The fourth-order valence-corrected chi connectivity index (χ4v) is 2.06. The van der Waals surface area contributed by atoms with E-state index in [0.717, 1.165) is 23.1 Å². The molecule has 2 aromatic heterocycles. The number of aryl methyl sites for hydroxylation is 2. The quantitative estimate of drug-likeness (QED) is 0.746. The minimum absolute atomic E-state index is 0.118. The molecule has 0 bridgehead atoms. The van der Waals surface area contributed by atoms with Gasteiger partial charge >= 0.3 is 0 Å². The number of hydrogen-bond donors (Lipinski definition) is 2. The summed E-state index contributed by atoms with van der Waals surface area (Å²) in [4.78, 5) is 17.2. The van der Waals surface area contributed by atoms with Crippen molar-refractivity contribution >= 4 is 22.5 Å². The van der Waals surface area contributed by atoms with E-state index < -0.39 is 0 Å². The number of aromatic nitrogens is 2. The molecule has 3 nitrogen and oxygen atoms in total. The van der Waals surface area contributed by atoms with E-state index in [9.17, 15) is 4.79 Å². The fourth-order valence-electron chi connectivity index (χ4n) is 1.63. The highest BCUT2D eigenvalue weighted by Gasteiger charge is 2.12. The molecular weight excluding hydrogens is 200 g/mol. The molecule has 2 rings (SSSR count). The molecule has 0 saturated carbocycles. The lowest BCUT2D eigenvalue weighted by atomic mass is 10.2. The van der Waals surface area contributed by atoms with Crippen molar-refractivity contribution in [1.82, 2.24) is 9.97 Å². The zero-order valence-electron chi connectivity index (χ0n) is 8.07. The third kappa shape index (κ3) is 1.16. The standard InChI is InChI=1S/C10H11ClN2O/c1-3-6-8(11)7-5(2)4-12-10(14)9(7)13-6/h4,13H,3H2,1-2H3,(H,12,14). The molecule has 0 saturated heterocycles. The summed E-state index contributed by atoms with van der Waals surface area (Å²) in [7, 11) is 0. The van der Waals surface area contributed by atoms with Gasteiger partial charge in [0, 0.05) is 17.3 Å². The number of hydrogen-bond acceptors (Lipinski definition) is 1. The van der Waals surface area contributed by atoms with Gasteiger partial charge in [-0.15, -0.1) is 0 Å². The second kappa shape index (κ2) is 3.17. The van der Waals surface area contributed by atoms with Gasteiger partial charge in [-0.2, -0.15) is 0 Å². The van der Waals surface area contributed by atoms with Crippen LogP contribution in [-0.2, 0) is 6.42 Å². The van der Waals surface area contributed by atoms with Gasteiger partial charge in [0.15, 0.2) is 0 Å². The lowest BCUT2D eigenvalue weighted by molar-refractivity contribution is 1.07. The Morgan fingerprint density at radius 2 is 2.21 bits per heavy atom. The number of H-pyrrole nitrogens is 2. The van der Waals surface area contributed by atoms with Crippen molar-refractivity contribution < 1.29 is 0 Å². The predicted octanol–water partition coefficient (Wildman–Crippen LogP) is 2.38. The van der Waals surface area contributed by atoms with Gasteiger partial charge in [0.1, 0.15) is 5.52 Å². The first-order chi connectivity index (χ1) is 6.65. The maximum Gasteiger partial charge on any atom is 0.272 e. The average Bonchev–Trinajstić information content (AvgIpc) is 2.51. The van der Waals surface area contributed by atoms with Crippen molar-refractivity contribution in [3.8, 4) is 0 Å². The molecule has 0 unspecified atom stereocenters. The number of halogens is 1. The third-order valence-corrected chi connectivity index (χ3v) is 2.82. The van der Waals surface area contributed by atoms with Crippen LogP contribution in [-0.4, -0.2) is 9.97 Å². The Morgan fingerprint density at radius 1 is 1.50 bits per heavy atom. The van der Waals surface area contributed by atoms with Crippen LogP contribution < -0.4 is 5.56 Å². The van der Waals surface area contributed by atoms with E-state index in [1.807, 2.05) is 13.8 Å². The third-order valence-electron chi connectivity index (χ3n) is 2.41. The normalized spacial score (nSPS) is 11.1. The Labute approximate surface area is 86.1 Å². The summed E-state index contributed by atoms with van der Waals surface area (Å²) in [6, 6.07) is 0. The van der Waals surface area contributed by atoms with Gasteiger partial charge in [0.25, 0.3) is 5.56 Å². The molecule has 4 heteroatoms. The number of fused-ring (bicyclic) bond motifs is 1. The molecule has 0 spiro atoms. The first-order valence-corrected chi connectivity index (χ1v) is 4.91. The topological polar surface area (TPSA) is 48.6 Å². The molecule has 0 aliphatic heterocycles. The molecule has 0 atom stereocenters. The molecule has 0 fully saturated rings. The largest absolute Gasteiger partial charge is 0.353 e. The van der Waals surface area contributed by atoms with Gasteiger partial charge in [-0.05, 0) is 18.9 Å². The molecule has 74 valence electrons. The van der Waals surface area contributed by atoms with Crippen LogP contribution in [0.4, 0.5) is 0 Å². The van der Waals surface area contributed by atoms with Gasteiger partial charge in [0.2, 0.25) is 0 Å². The van der Waals surface area contributed by atoms with Crippen LogP contribution in [0.5, 0.6) is 0 Å². The highest BCUT2D eigenvalue weighted by atomic mass is 35.5. The summed E-state index contributed by atoms with van der Waals surface area (Å²) in [6.45, 7) is 3.93. The van der Waals surface area contributed by atoms with Crippen molar-refractivity contribution in [2.75, 3.05) is 0 Å². The van der Waals surface area contributed by atoms with E-state index in [2.05, 4.69) is 9.97 Å². The molecule has 0 aromatic carbocycles. The molecule has 0 aliphatic rings. The van der Waals surface area contributed by atoms with Crippen LogP contribution in [0.1, 0.15) is 18.2 Å². The Kier molecular flexibility index (Phi) is 2.11. The molecule has 2 aromatic rings. The Morgan fingerprint density at radius 3 is 2.79 bits per heavy atom. The van der Waals surface area contributed by atoms with Crippen LogP contribution >= 0.6 is 11.6 Å². The van der Waals surface area contributed by atoms with E-state index in [0.29, 0.717) is 10.5 Å². The Hall–Kier alpha value is -1.22. The molecule has 0 radical (unpaired) electrons. The zero-order valence-corrected chi connectivity index (χ0v) is 8.83. The smallest absolute Gasteiger partial charge is 0.272 e. The average molecular weight is 211 g/mol. The van der Waals surface area contributed by atoms with Gasteiger partial charge in [-0.3, -0.25) is 4.79 Å². The monoisotopic (exact) mass is 210 g/mol. The van der Waals surface area contributed by atoms with Crippen LogP contribution in [0.3, 0.4) is 0 Å². The molecule has 2 N–H and O–H groups in total. The van der Waals surface area contributed by atoms with Gasteiger partial charge < -0.3 is 9.97 Å². The summed E-state index contributed by atoms with van der Waals surface area (Å²) in [5, 5.41) is 1.51. The minimum atomic E-state index is -0.118. The van der Waals surface area contributed by atoms with Gasteiger partial charge in [0.05, 0.1) is 5.02 Å². The van der Waals surface area contributed by atoms with Crippen LogP contribution in [0, 0.1) is 6.92 Å². The molecule has 0 amide bonds. The maximum atomic E-state index is 11.5. The van der Waals surface area contributed by atoms with Crippen molar-refractivity contribution in [1.29, 1.82) is 0 Å². The van der Waals surface area contributed by atoms with Gasteiger partial charge in [-0.1, -0.05) is 18.5 Å².